The van der Waals surface area contributed by atoms with E-state index < -0.39 is 0 Å². The molecule has 0 aliphatic carbocycles. The highest BCUT2D eigenvalue weighted by atomic mass is 32.1. The van der Waals surface area contributed by atoms with Gasteiger partial charge in [0.2, 0.25) is 0 Å². The third kappa shape index (κ3) is 3.51. The lowest BCUT2D eigenvalue weighted by Gasteiger charge is -2.01. The number of hydrogen-bond acceptors (Lipinski definition) is 4. The summed E-state index contributed by atoms with van der Waals surface area (Å²) < 4.78 is 1.78. The molecule has 0 bridgehead atoms. The van der Waals surface area contributed by atoms with E-state index in [-0.39, 0.29) is 5.91 Å². The number of carbonyl (C=O) groups is 1. The lowest BCUT2D eigenvalue weighted by Crippen LogP contribution is -2.11. The Bertz CT molecular complexity index is 972. The van der Waals surface area contributed by atoms with Gasteiger partial charge in [0.25, 0.3) is 5.91 Å². The van der Waals surface area contributed by atoms with Crippen molar-refractivity contribution in [1.29, 1.82) is 0 Å². The predicted octanol–water partition coefficient (Wildman–Crippen LogP) is 3.64. The molecule has 0 spiro atoms. The number of amides is 1. The number of aromatic nitrogens is 4. The van der Waals surface area contributed by atoms with E-state index in [0.717, 1.165) is 16.1 Å². The van der Waals surface area contributed by atoms with Crippen LogP contribution in [0.15, 0.2) is 66.3 Å². The molecule has 124 valence electrons. The number of anilines is 1. The van der Waals surface area contributed by atoms with Gasteiger partial charge >= 0.3 is 0 Å². The lowest BCUT2D eigenvalue weighted by atomic mass is 10.2. The molecule has 0 fully saturated rings. The minimum atomic E-state index is -0.265. The molecule has 25 heavy (non-hydrogen) atoms. The van der Waals surface area contributed by atoms with Crippen LogP contribution in [0.4, 0.5) is 5.69 Å². The van der Waals surface area contributed by atoms with E-state index in [9.17, 15) is 4.79 Å². The fourth-order valence-corrected chi connectivity index (χ4v) is 3.17. The molecular formula is C18H15N5OS. The van der Waals surface area contributed by atoms with E-state index in [4.69, 9.17) is 0 Å². The van der Waals surface area contributed by atoms with Gasteiger partial charge < -0.3 is 5.32 Å². The van der Waals surface area contributed by atoms with Gasteiger partial charge in [0.15, 0.2) is 5.69 Å². The summed E-state index contributed by atoms with van der Waals surface area (Å²) in [7, 11) is 0. The summed E-state index contributed by atoms with van der Waals surface area (Å²) in [6, 6.07) is 15.7. The second-order valence-corrected chi connectivity index (χ2v) is 6.46. The first-order valence-electron chi connectivity index (χ1n) is 7.75. The molecule has 6 nitrogen and oxygen atoms in total. The van der Waals surface area contributed by atoms with Crippen LogP contribution in [-0.2, 0) is 6.54 Å². The zero-order valence-electron chi connectivity index (χ0n) is 13.2. The molecule has 2 N–H and O–H groups in total. The summed E-state index contributed by atoms with van der Waals surface area (Å²) >= 11 is 1.59. The van der Waals surface area contributed by atoms with Crippen LogP contribution in [0.25, 0.3) is 10.6 Å². The highest BCUT2D eigenvalue weighted by molar-refractivity contribution is 7.13. The topological polar surface area (TPSA) is 75.6 Å². The molecule has 7 heteroatoms. The van der Waals surface area contributed by atoms with Crippen molar-refractivity contribution >= 4 is 22.9 Å². The minimum absolute atomic E-state index is 0.265. The summed E-state index contributed by atoms with van der Waals surface area (Å²) in [5, 5.41) is 16.1. The summed E-state index contributed by atoms with van der Waals surface area (Å²) in [6.07, 6.45) is 3.44. The molecule has 0 aliphatic heterocycles. The van der Waals surface area contributed by atoms with Gasteiger partial charge in [-0.3, -0.25) is 14.6 Å². The van der Waals surface area contributed by atoms with Crippen molar-refractivity contribution in [1.82, 2.24) is 20.0 Å². The van der Waals surface area contributed by atoms with Crippen LogP contribution in [0.5, 0.6) is 0 Å². The van der Waals surface area contributed by atoms with Crippen molar-refractivity contribution in [2.45, 2.75) is 6.54 Å². The van der Waals surface area contributed by atoms with Gasteiger partial charge in [0.05, 0.1) is 29.0 Å². The van der Waals surface area contributed by atoms with E-state index in [1.54, 1.807) is 34.5 Å². The molecule has 1 aromatic carbocycles. The van der Waals surface area contributed by atoms with E-state index in [1.165, 1.54) is 0 Å². The number of benzene rings is 1. The number of nitrogens with zero attached hydrogens (tertiary/aromatic N) is 3. The number of carbonyl (C=O) groups excluding carboxylic acids is 1. The number of hydrogen-bond donors (Lipinski definition) is 2. The molecule has 3 aromatic heterocycles. The molecule has 3 heterocycles. The van der Waals surface area contributed by atoms with Crippen LogP contribution < -0.4 is 5.32 Å². The van der Waals surface area contributed by atoms with Gasteiger partial charge in [-0.15, -0.1) is 11.3 Å². The van der Waals surface area contributed by atoms with Crippen molar-refractivity contribution in [3.63, 3.8) is 0 Å². The smallest absolute Gasteiger partial charge is 0.276 e. The first kappa shape index (κ1) is 15.3. The van der Waals surface area contributed by atoms with Gasteiger partial charge in [0, 0.05) is 6.20 Å². The van der Waals surface area contributed by atoms with Crippen LogP contribution in [-0.4, -0.2) is 25.9 Å². The summed E-state index contributed by atoms with van der Waals surface area (Å²) in [5.74, 6) is -0.265. The summed E-state index contributed by atoms with van der Waals surface area (Å²) in [6.45, 7) is 0.654. The molecule has 4 aromatic rings. The second kappa shape index (κ2) is 6.74. The third-order valence-electron chi connectivity index (χ3n) is 3.68. The normalized spacial score (nSPS) is 10.7. The quantitative estimate of drug-likeness (QED) is 0.578. The molecule has 0 aliphatic rings. The number of thiophene rings is 1. The number of H-pyrrole nitrogens is 1. The predicted molar refractivity (Wildman–Crippen MR) is 97.6 cm³/mol. The first-order valence-corrected chi connectivity index (χ1v) is 8.63. The van der Waals surface area contributed by atoms with E-state index in [0.29, 0.717) is 17.9 Å². The SMILES string of the molecule is O=C(Nc1cnn(Cc2ccccc2)c1)c1cc(-c2cccs2)[nH]n1. The van der Waals surface area contributed by atoms with Gasteiger partial charge in [-0.05, 0) is 23.1 Å². The number of rotatable bonds is 5. The molecular weight excluding hydrogens is 334 g/mol. The molecule has 0 saturated heterocycles. The standard InChI is InChI=1S/C18H15N5OS/c24-18(16-9-15(21-22-16)17-7-4-8-25-17)20-14-10-19-23(12-14)11-13-5-2-1-3-6-13/h1-10,12H,11H2,(H,20,24)(H,21,22). The van der Waals surface area contributed by atoms with Crippen LogP contribution in [0.3, 0.4) is 0 Å². The van der Waals surface area contributed by atoms with Gasteiger partial charge in [0.1, 0.15) is 0 Å². The van der Waals surface area contributed by atoms with E-state index in [1.807, 2.05) is 47.8 Å². The number of nitrogens with one attached hydrogen (secondary N) is 2. The Morgan fingerprint density at radius 3 is 2.88 bits per heavy atom. The Kier molecular flexibility index (Phi) is 4.14. The fraction of sp³-hybridized carbons (Fsp3) is 0.0556. The van der Waals surface area contributed by atoms with Crippen LogP contribution in [0.2, 0.25) is 0 Å². The number of aromatic amines is 1. The first-order chi connectivity index (χ1) is 12.3. The average Bonchev–Trinajstić information content (AvgIpc) is 3.37. The molecule has 0 unspecified atom stereocenters. The van der Waals surface area contributed by atoms with Crippen molar-refractivity contribution in [2.75, 3.05) is 5.32 Å². The molecule has 0 radical (unpaired) electrons. The van der Waals surface area contributed by atoms with Crippen LogP contribution >= 0.6 is 11.3 Å². The second-order valence-electron chi connectivity index (χ2n) is 5.51. The largest absolute Gasteiger partial charge is 0.318 e. The molecule has 0 atom stereocenters. The van der Waals surface area contributed by atoms with Crippen molar-refractivity contribution in [2.24, 2.45) is 0 Å². The summed E-state index contributed by atoms with van der Waals surface area (Å²) in [4.78, 5) is 13.4. The lowest BCUT2D eigenvalue weighted by molar-refractivity contribution is 0.102. The van der Waals surface area contributed by atoms with Crippen molar-refractivity contribution < 1.29 is 4.79 Å². The fourth-order valence-electron chi connectivity index (χ4n) is 2.48. The maximum Gasteiger partial charge on any atom is 0.276 e. The Morgan fingerprint density at radius 1 is 1.20 bits per heavy atom. The zero-order chi connectivity index (χ0) is 17.1. The minimum Gasteiger partial charge on any atom is -0.318 e. The van der Waals surface area contributed by atoms with Crippen molar-refractivity contribution in [3.05, 3.63) is 77.6 Å². The Hall–Kier alpha value is -3.19. The Labute approximate surface area is 148 Å². The highest BCUT2D eigenvalue weighted by Gasteiger charge is 2.13. The Morgan fingerprint density at radius 2 is 2.08 bits per heavy atom. The van der Waals surface area contributed by atoms with Gasteiger partial charge in [-0.2, -0.15) is 10.2 Å². The molecule has 0 saturated carbocycles. The third-order valence-corrected chi connectivity index (χ3v) is 4.58. The van der Waals surface area contributed by atoms with Crippen molar-refractivity contribution in [3.8, 4) is 10.6 Å². The maximum atomic E-state index is 12.3. The van der Waals surface area contributed by atoms with Crippen LogP contribution in [0, 0.1) is 0 Å². The van der Waals surface area contributed by atoms with Crippen LogP contribution in [0.1, 0.15) is 16.1 Å². The van der Waals surface area contributed by atoms with Gasteiger partial charge in [-0.1, -0.05) is 36.4 Å². The highest BCUT2D eigenvalue weighted by Crippen LogP contribution is 2.23. The molecule has 4 rings (SSSR count). The Balaban J connectivity index is 1.43. The zero-order valence-corrected chi connectivity index (χ0v) is 14.0. The van der Waals surface area contributed by atoms with Gasteiger partial charge in [-0.25, -0.2) is 0 Å². The summed E-state index contributed by atoms with van der Waals surface area (Å²) in [5.41, 5.74) is 2.97. The molecule has 1 amide bonds. The maximum absolute atomic E-state index is 12.3. The average molecular weight is 349 g/mol. The monoisotopic (exact) mass is 349 g/mol. The van der Waals surface area contributed by atoms with E-state index in [2.05, 4.69) is 20.6 Å². The van der Waals surface area contributed by atoms with E-state index >= 15 is 0 Å².